The van der Waals surface area contributed by atoms with Crippen molar-refractivity contribution < 1.29 is 14.3 Å². The van der Waals surface area contributed by atoms with Crippen molar-refractivity contribution in [3.8, 4) is 11.5 Å². The van der Waals surface area contributed by atoms with E-state index in [0.29, 0.717) is 25.6 Å². The molecule has 2 aromatic carbocycles. The molecule has 0 spiro atoms. The maximum atomic E-state index is 12.8. The number of rotatable bonds is 6. The Hall–Kier alpha value is -3.62. The number of para-hydroxylation sites is 1. The highest BCUT2D eigenvalue weighted by atomic mass is 16.5. The van der Waals surface area contributed by atoms with Crippen molar-refractivity contribution in [3.05, 3.63) is 79.0 Å². The summed E-state index contributed by atoms with van der Waals surface area (Å²) in [6.45, 7) is 5.56. The summed E-state index contributed by atoms with van der Waals surface area (Å²) in [6, 6.07) is 17.1. The van der Waals surface area contributed by atoms with Crippen LogP contribution in [0.5, 0.6) is 11.5 Å². The van der Waals surface area contributed by atoms with Gasteiger partial charge in [-0.05, 0) is 41.5 Å². The van der Waals surface area contributed by atoms with Crippen LogP contribution in [0.15, 0.2) is 73.5 Å². The zero-order valence-electron chi connectivity index (χ0n) is 18.2. The maximum absolute atomic E-state index is 12.8. The van der Waals surface area contributed by atoms with Gasteiger partial charge in [-0.2, -0.15) is 0 Å². The number of fused-ring (bicyclic) bond motifs is 1. The van der Waals surface area contributed by atoms with Crippen LogP contribution in [0.3, 0.4) is 0 Å². The van der Waals surface area contributed by atoms with Crippen molar-refractivity contribution >= 4 is 17.4 Å². The van der Waals surface area contributed by atoms with E-state index in [1.807, 2.05) is 60.8 Å². The minimum Gasteiger partial charge on any atom is -0.457 e. The highest BCUT2D eigenvalue weighted by molar-refractivity contribution is 5.89. The van der Waals surface area contributed by atoms with E-state index >= 15 is 0 Å². The van der Waals surface area contributed by atoms with Gasteiger partial charge in [0, 0.05) is 37.7 Å². The average molecular weight is 446 g/mol. The van der Waals surface area contributed by atoms with Crippen LogP contribution in [0, 0.1) is 11.8 Å². The lowest BCUT2D eigenvalue weighted by Crippen LogP contribution is -2.66. The number of carbonyl (C=O) groups excluding carboxylic acids is 2. The van der Waals surface area contributed by atoms with Crippen LogP contribution in [-0.4, -0.2) is 53.5 Å². The number of nitrogens with two attached hydrogens (primary N) is 1. The van der Waals surface area contributed by atoms with E-state index in [1.54, 1.807) is 4.90 Å². The van der Waals surface area contributed by atoms with Gasteiger partial charge in [0.25, 0.3) is 5.91 Å². The summed E-state index contributed by atoms with van der Waals surface area (Å²) in [4.78, 5) is 28.4. The lowest BCUT2D eigenvalue weighted by Gasteiger charge is -2.43. The van der Waals surface area contributed by atoms with Crippen LogP contribution >= 0.6 is 0 Å². The van der Waals surface area contributed by atoms with Gasteiger partial charge in [-0.1, -0.05) is 36.9 Å². The quantitative estimate of drug-likeness (QED) is 0.585. The molecule has 2 amide bonds. The third kappa shape index (κ3) is 4.10. The van der Waals surface area contributed by atoms with Gasteiger partial charge in [-0.25, -0.2) is 5.43 Å². The molecule has 3 aliphatic rings. The van der Waals surface area contributed by atoms with Crippen LogP contribution in [0.1, 0.15) is 5.56 Å². The number of nitrogens with zero attached hydrogens (tertiary/aromatic N) is 2. The number of ether oxygens (including phenoxy) is 1. The summed E-state index contributed by atoms with van der Waals surface area (Å²) < 4.78 is 5.91. The van der Waals surface area contributed by atoms with Gasteiger partial charge < -0.3 is 20.3 Å². The van der Waals surface area contributed by atoms with E-state index in [0.717, 1.165) is 22.6 Å². The Morgan fingerprint density at radius 3 is 2.52 bits per heavy atom. The summed E-state index contributed by atoms with van der Waals surface area (Å²) in [7, 11) is 0. The Kier molecular flexibility index (Phi) is 5.62. The van der Waals surface area contributed by atoms with E-state index in [-0.39, 0.29) is 23.8 Å². The lowest BCUT2D eigenvalue weighted by atomic mass is 9.86. The molecular formula is C25H27N5O3. The fraction of sp³-hybridized carbons (Fsp3) is 0.280. The van der Waals surface area contributed by atoms with E-state index in [1.165, 1.54) is 6.08 Å². The molecule has 8 nitrogen and oxygen atoms in total. The molecule has 8 heteroatoms. The second kappa shape index (κ2) is 8.73. The SMILES string of the molecule is C=CC(=O)N1CC(CN2C=C(c3ccc(Oc4ccccc4)cc3)C3C(N)NNC(=O)C32)C1. The van der Waals surface area contributed by atoms with Crippen LogP contribution in [0.2, 0.25) is 0 Å². The summed E-state index contributed by atoms with van der Waals surface area (Å²) in [5.41, 5.74) is 14.0. The molecular weight excluding hydrogens is 418 g/mol. The molecule has 33 heavy (non-hydrogen) atoms. The average Bonchev–Trinajstić information content (AvgIpc) is 3.20. The number of benzene rings is 2. The first kappa shape index (κ1) is 21.2. The number of nitrogens with one attached hydrogen (secondary N) is 2. The normalized spacial score (nSPS) is 24.5. The van der Waals surface area contributed by atoms with Crippen molar-refractivity contribution in [1.82, 2.24) is 20.7 Å². The van der Waals surface area contributed by atoms with Crippen molar-refractivity contribution in [2.75, 3.05) is 19.6 Å². The van der Waals surface area contributed by atoms with Gasteiger partial charge in [0.2, 0.25) is 5.91 Å². The summed E-state index contributed by atoms with van der Waals surface area (Å²) >= 11 is 0. The van der Waals surface area contributed by atoms with Crippen molar-refractivity contribution in [3.63, 3.8) is 0 Å². The zero-order valence-corrected chi connectivity index (χ0v) is 18.2. The predicted molar refractivity (Wildman–Crippen MR) is 124 cm³/mol. The standard InChI is InChI=1S/C25H27N5O3/c1-2-21(31)29-12-16(13-29)14-30-15-20(22-23(30)25(32)28-27-24(22)26)17-8-10-19(11-9-17)33-18-6-4-3-5-7-18/h2-11,15-16,22-24,27H,1,12-14,26H2,(H,28,32). The minimum atomic E-state index is -0.413. The molecule has 0 saturated carbocycles. The molecule has 3 aliphatic heterocycles. The molecule has 0 radical (unpaired) electrons. The van der Waals surface area contributed by atoms with E-state index in [9.17, 15) is 9.59 Å². The van der Waals surface area contributed by atoms with Crippen molar-refractivity contribution in [1.29, 1.82) is 0 Å². The largest absolute Gasteiger partial charge is 0.457 e. The van der Waals surface area contributed by atoms with E-state index in [2.05, 4.69) is 22.3 Å². The van der Waals surface area contributed by atoms with Crippen LogP contribution < -0.4 is 21.3 Å². The molecule has 5 rings (SSSR count). The van der Waals surface area contributed by atoms with Crippen LogP contribution in [-0.2, 0) is 9.59 Å². The fourth-order valence-electron chi connectivity index (χ4n) is 4.81. The van der Waals surface area contributed by atoms with E-state index < -0.39 is 6.17 Å². The summed E-state index contributed by atoms with van der Waals surface area (Å²) in [6.07, 6.45) is 2.97. The molecule has 3 atom stereocenters. The molecule has 4 N–H and O–H groups in total. The van der Waals surface area contributed by atoms with E-state index in [4.69, 9.17) is 10.5 Å². The molecule has 3 heterocycles. The highest BCUT2D eigenvalue weighted by Gasteiger charge is 2.47. The topological polar surface area (TPSA) is 99.9 Å². The highest BCUT2D eigenvalue weighted by Crippen LogP contribution is 2.39. The summed E-state index contributed by atoms with van der Waals surface area (Å²) in [5.74, 6) is 1.46. The van der Waals surface area contributed by atoms with Gasteiger partial charge in [-0.3, -0.25) is 15.0 Å². The number of amides is 2. The molecule has 0 aromatic heterocycles. The Balaban J connectivity index is 1.35. The molecule has 2 aromatic rings. The second-order valence-corrected chi connectivity index (χ2v) is 8.66. The number of carbonyl (C=O) groups is 2. The van der Waals surface area contributed by atoms with Gasteiger partial charge >= 0.3 is 0 Å². The number of hydrazine groups is 1. The first-order valence-corrected chi connectivity index (χ1v) is 11.1. The predicted octanol–water partition coefficient (Wildman–Crippen LogP) is 1.68. The molecule has 2 saturated heterocycles. The Bertz CT molecular complexity index is 1080. The van der Waals surface area contributed by atoms with Crippen molar-refractivity contribution in [2.45, 2.75) is 12.2 Å². The third-order valence-corrected chi connectivity index (χ3v) is 6.46. The molecule has 3 unspecified atom stereocenters. The Labute approximate surface area is 192 Å². The lowest BCUT2D eigenvalue weighted by molar-refractivity contribution is -0.135. The van der Waals surface area contributed by atoms with Gasteiger partial charge in [0.15, 0.2) is 0 Å². The first-order chi connectivity index (χ1) is 16.0. The first-order valence-electron chi connectivity index (χ1n) is 11.1. The van der Waals surface area contributed by atoms with Gasteiger partial charge in [0.05, 0.1) is 6.17 Å². The monoisotopic (exact) mass is 445 g/mol. The summed E-state index contributed by atoms with van der Waals surface area (Å²) in [5, 5.41) is 0. The molecule has 0 bridgehead atoms. The van der Waals surface area contributed by atoms with Crippen LogP contribution in [0.4, 0.5) is 0 Å². The molecule has 170 valence electrons. The second-order valence-electron chi connectivity index (χ2n) is 8.66. The molecule has 2 fully saturated rings. The fourth-order valence-corrected chi connectivity index (χ4v) is 4.81. The Morgan fingerprint density at radius 2 is 1.82 bits per heavy atom. The van der Waals surface area contributed by atoms with Crippen LogP contribution in [0.25, 0.3) is 5.57 Å². The number of hydrogen-bond acceptors (Lipinski definition) is 6. The number of hydrogen-bond donors (Lipinski definition) is 3. The third-order valence-electron chi connectivity index (χ3n) is 6.46. The minimum absolute atomic E-state index is 0.0544. The smallest absolute Gasteiger partial charge is 0.257 e. The maximum Gasteiger partial charge on any atom is 0.257 e. The number of likely N-dealkylation sites (tertiary alicyclic amines) is 1. The van der Waals surface area contributed by atoms with Gasteiger partial charge in [0.1, 0.15) is 17.5 Å². The van der Waals surface area contributed by atoms with Gasteiger partial charge in [-0.15, -0.1) is 0 Å². The Morgan fingerprint density at radius 1 is 1.12 bits per heavy atom. The van der Waals surface area contributed by atoms with Crippen molar-refractivity contribution in [2.24, 2.45) is 17.6 Å². The zero-order chi connectivity index (χ0) is 22.9. The molecule has 0 aliphatic carbocycles.